The Morgan fingerprint density at radius 2 is 2.05 bits per heavy atom. The Morgan fingerprint density at radius 1 is 1.25 bits per heavy atom. The van der Waals surface area contributed by atoms with Gasteiger partial charge in [-0.1, -0.05) is 6.07 Å². The first-order valence-electron chi connectivity index (χ1n) is 6.60. The highest BCUT2D eigenvalue weighted by molar-refractivity contribution is 7.08. The minimum absolute atomic E-state index is 0.160. The van der Waals surface area contributed by atoms with E-state index in [1.807, 2.05) is 18.2 Å². The van der Waals surface area contributed by atoms with Crippen molar-refractivity contribution in [3.63, 3.8) is 0 Å². The molecule has 1 aromatic carbocycles. The largest absolute Gasteiger partial charge is 0.323 e. The molecule has 104 valence electrons. The van der Waals surface area contributed by atoms with Crippen LogP contribution in [0, 0.1) is 6.92 Å². The molecule has 2 heterocycles. The molecule has 0 radical (unpaired) electrons. The van der Waals surface area contributed by atoms with Crippen molar-refractivity contribution in [1.82, 2.24) is 15.3 Å². The predicted molar refractivity (Wildman–Crippen MR) is 83.2 cm³/mol. The molecule has 0 spiro atoms. The summed E-state index contributed by atoms with van der Waals surface area (Å²) in [6.07, 6.45) is 0. The fourth-order valence-electron chi connectivity index (χ4n) is 2.27. The van der Waals surface area contributed by atoms with Gasteiger partial charge in [-0.3, -0.25) is 0 Å². The van der Waals surface area contributed by atoms with Gasteiger partial charge in [-0.25, -0.2) is 4.79 Å². The third-order valence-corrected chi connectivity index (χ3v) is 4.51. The maximum absolute atomic E-state index is 11.3. The van der Waals surface area contributed by atoms with Crippen LogP contribution in [-0.4, -0.2) is 9.97 Å². The molecular formula is C15H17N3OS. The lowest BCUT2D eigenvalue weighted by atomic mass is 10.1. The second kappa shape index (κ2) is 5.26. The molecule has 0 aliphatic heterocycles. The lowest BCUT2D eigenvalue weighted by molar-refractivity contribution is 0.575. The average molecular weight is 287 g/mol. The highest BCUT2D eigenvalue weighted by Gasteiger charge is 2.08. The molecule has 3 rings (SSSR count). The minimum atomic E-state index is -0.160. The molecule has 0 saturated heterocycles. The highest BCUT2D eigenvalue weighted by Crippen LogP contribution is 2.19. The number of aryl methyl sites for hydroxylation is 1. The number of fused-ring (bicyclic) bond motifs is 1. The molecule has 0 aliphatic carbocycles. The third-order valence-electron chi connectivity index (χ3n) is 3.60. The van der Waals surface area contributed by atoms with Crippen LogP contribution >= 0.6 is 11.3 Å². The normalized spacial score (nSPS) is 12.9. The van der Waals surface area contributed by atoms with Crippen LogP contribution in [0.4, 0.5) is 0 Å². The molecule has 1 atom stereocenters. The number of benzene rings is 1. The number of nitrogens with one attached hydrogen (secondary N) is 3. The van der Waals surface area contributed by atoms with Crippen LogP contribution in [0.3, 0.4) is 0 Å². The van der Waals surface area contributed by atoms with Crippen LogP contribution < -0.4 is 11.0 Å². The van der Waals surface area contributed by atoms with Gasteiger partial charge in [0.25, 0.3) is 0 Å². The number of H-pyrrole nitrogens is 2. The summed E-state index contributed by atoms with van der Waals surface area (Å²) in [5, 5.41) is 7.87. The van der Waals surface area contributed by atoms with Crippen LogP contribution in [0.5, 0.6) is 0 Å². The second-order valence-electron chi connectivity index (χ2n) is 5.07. The quantitative estimate of drug-likeness (QED) is 0.690. The van der Waals surface area contributed by atoms with E-state index in [4.69, 9.17) is 0 Å². The number of hydrogen-bond donors (Lipinski definition) is 3. The van der Waals surface area contributed by atoms with Gasteiger partial charge in [0.05, 0.1) is 11.0 Å². The zero-order chi connectivity index (χ0) is 14.1. The van der Waals surface area contributed by atoms with Gasteiger partial charge in [0.2, 0.25) is 0 Å². The lowest BCUT2D eigenvalue weighted by Crippen LogP contribution is -2.18. The van der Waals surface area contributed by atoms with Gasteiger partial charge in [-0.2, -0.15) is 11.3 Å². The molecular weight excluding hydrogens is 270 g/mol. The van der Waals surface area contributed by atoms with Gasteiger partial charge in [0.1, 0.15) is 0 Å². The van der Waals surface area contributed by atoms with E-state index in [9.17, 15) is 4.79 Å². The van der Waals surface area contributed by atoms with Crippen molar-refractivity contribution in [1.29, 1.82) is 0 Å². The van der Waals surface area contributed by atoms with Crippen molar-refractivity contribution < 1.29 is 0 Å². The Bertz CT molecular complexity index is 784. The zero-order valence-electron chi connectivity index (χ0n) is 11.5. The molecule has 1 unspecified atom stereocenters. The molecule has 20 heavy (non-hydrogen) atoms. The summed E-state index contributed by atoms with van der Waals surface area (Å²) in [5.74, 6) is 0. The Hall–Kier alpha value is -1.85. The summed E-state index contributed by atoms with van der Waals surface area (Å²) in [6.45, 7) is 5.13. The van der Waals surface area contributed by atoms with E-state index in [1.165, 1.54) is 16.7 Å². The fourth-order valence-corrected chi connectivity index (χ4v) is 3.13. The third kappa shape index (κ3) is 2.55. The molecule has 0 fully saturated rings. The van der Waals surface area contributed by atoms with Gasteiger partial charge < -0.3 is 15.3 Å². The van der Waals surface area contributed by atoms with Crippen LogP contribution in [0.15, 0.2) is 33.8 Å². The molecule has 5 heteroatoms. The first kappa shape index (κ1) is 13.1. The molecule has 0 amide bonds. The van der Waals surface area contributed by atoms with Gasteiger partial charge in [-0.05, 0) is 53.4 Å². The maximum Gasteiger partial charge on any atom is 0.323 e. The lowest BCUT2D eigenvalue weighted by Gasteiger charge is -2.14. The minimum Gasteiger partial charge on any atom is -0.306 e. The van der Waals surface area contributed by atoms with E-state index in [-0.39, 0.29) is 11.7 Å². The van der Waals surface area contributed by atoms with E-state index in [1.54, 1.807) is 11.3 Å². The Morgan fingerprint density at radius 3 is 2.80 bits per heavy atom. The van der Waals surface area contributed by atoms with E-state index < -0.39 is 0 Å². The average Bonchev–Trinajstić information content (AvgIpc) is 2.99. The molecule has 3 N–H and O–H groups in total. The zero-order valence-corrected chi connectivity index (χ0v) is 12.3. The second-order valence-corrected chi connectivity index (χ2v) is 5.81. The smallest absolute Gasteiger partial charge is 0.306 e. The Kier molecular flexibility index (Phi) is 3.46. The summed E-state index contributed by atoms with van der Waals surface area (Å²) in [4.78, 5) is 16.8. The Balaban J connectivity index is 1.76. The van der Waals surface area contributed by atoms with Crippen molar-refractivity contribution in [2.45, 2.75) is 26.4 Å². The molecule has 3 aromatic rings. The highest BCUT2D eigenvalue weighted by atomic mass is 32.1. The molecule has 0 saturated carbocycles. The van der Waals surface area contributed by atoms with Crippen LogP contribution in [-0.2, 0) is 6.54 Å². The van der Waals surface area contributed by atoms with Crippen LogP contribution in [0.25, 0.3) is 11.0 Å². The molecule has 0 bridgehead atoms. The summed E-state index contributed by atoms with van der Waals surface area (Å²) in [5.41, 5.74) is 5.39. The number of rotatable bonds is 4. The summed E-state index contributed by atoms with van der Waals surface area (Å²) < 4.78 is 0. The van der Waals surface area contributed by atoms with Crippen molar-refractivity contribution in [3.8, 4) is 0 Å². The van der Waals surface area contributed by atoms with Crippen molar-refractivity contribution >= 4 is 22.4 Å². The van der Waals surface area contributed by atoms with E-state index in [0.29, 0.717) is 0 Å². The monoisotopic (exact) mass is 287 g/mol. The number of thiophene rings is 1. The van der Waals surface area contributed by atoms with Gasteiger partial charge in [0.15, 0.2) is 0 Å². The molecule has 4 nitrogen and oxygen atoms in total. The number of aromatic amines is 2. The topological polar surface area (TPSA) is 60.7 Å². The van der Waals surface area contributed by atoms with Crippen molar-refractivity contribution in [2.24, 2.45) is 0 Å². The van der Waals surface area contributed by atoms with Crippen molar-refractivity contribution in [2.75, 3.05) is 0 Å². The summed E-state index contributed by atoms with van der Waals surface area (Å²) >= 11 is 1.73. The van der Waals surface area contributed by atoms with Crippen LogP contribution in [0.1, 0.15) is 29.7 Å². The van der Waals surface area contributed by atoms with E-state index in [0.717, 1.165) is 17.6 Å². The Labute approximate surface area is 120 Å². The van der Waals surface area contributed by atoms with Gasteiger partial charge in [0, 0.05) is 12.6 Å². The fraction of sp³-hybridized carbons (Fsp3) is 0.267. The van der Waals surface area contributed by atoms with Crippen LogP contribution in [0.2, 0.25) is 0 Å². The maximum atomic E-state index is 11.3. The first-order valence-corrected chi connectivity index (χ1v) is 7.55. The number of aromatic nitrogens is 2. The summed E-state index contributed by atoms with van der Waals surface area (Å²) in [6, 6.07) is 6.24. The number of imidazole rings is 1. The summed E-state index contributed by atoms with van der Waals surface area (Å²) in [7, 11) is 0. The number of hydrogen-bond acceptors (Lipinski definition) is 3. The van der Waals surface area contributed by atoms with E-state index in [2.05, 4.69) is 39.9 Å². The molecule has 0 aliphatic rings. The SMILES string of the molecule is Cc1cscc1CNC(C)c1ccc2[nH]c(=O)[nH]c2c1. The van der Waals surface area contributed by atoms with Gasteiger partial charge in [-0.15, -0.1) is 0 Å². The standard InChI is InChI=1S/C15H17N3OS/c1-9-7-20-8-12(9)6-16-10(2)11-3-4-13-14(5-11)18-15(19)17-13/h3-5,7-8,10,16H,6H2,1-2H3,(H2,17,18,19). The van der Waals surface area contributed by atoms with E-state index >= 15 is 0 Å². The molecule has 2 aromatic heterocycles. The predicted octanol–water partition coefficient (Wildman–Crippen LogP) is 3.08. The van der Waals surface area contributed by atoms with Crippen molar-refractivity contribution in [3.05, 3.63) is 56.1 Å². The van der Waals surface area contributed by atoms with Gasteiger partial charge >= 0.3 is 5.69 Å². The first-order chi connectivity index (χ1) is 9.63.